The summed E-state index contributed by atoms with van der Waals surface area (Å²) in [6, 6.07) is 19.3. The molecule has 0 bridgehead atoms. The van der Waals surface area contributed by atoms with Crippen molar-refractivity contribution in [1.82, 2.24) is 20.2 Å². The summed E-state index contributed by atoms with van der Waals surface area (Å²) in [5.74, 6) is 1.88. The van der Waals surface area contributed by atoms with Crippen LogP contribution in [0.1, 0.15) is 42.8 Å². The van der Waals surface area contributed by atoms with Crippen molar-refractivity contribution >= 4 is 0 Å². The Morgan fingerprint density at radius 1 is 0.968 bits per heavy atom. The lowest BCUT2D eigenvalue weighted by Crippen LogP contribution is -3.27. The van der Waals surface area contributed by atoms with Gasteiger partial charge >= 0.3 is 0 Å². The summed E-state index contributed by atoms with van der Waals surface area (Å²) >= 11 is 0. The number of hydrogen-bond acceptors (Lipinski definition) is 4. The van der Waals surface area contributed by atoms with Crippen molar-refractivity contribution < 1.29 is 14.5 Å². The van der Waals surface area contributed by atoms with Gasteiger partial charge in [-0.1, -0.05) is 55.8 Å². The fraction of sp³-hybridized carbons (Fsp3) is 0.458. The van der Waals surface area contributed by atoms with Crippen LogP contribution in [0.5, 0.6) is 5.75 Å². The van der Waals surface area contributed by atoms with Crippen molar-refractivity contribution in [1.29, 1.82) is 0 Å². The summed E-state index contributed by atoms with van der Waals surface area (Å²) in [5, 5.41) is 12.8. The molecule has 2 aromatic carbocycles. The summed E-state index contributed by atoms with van der Waals surface area (Å²) in [5.41, 5.74) is 2.60. The van der Waals surface area contributed by atoms with Gasteiger partial charge < -0.3 is 14.5 Å². The molecule has 3 aromatic rings. The first-order valence-electron chi connectivity index (χ1n) is 11.4. The largest absolute Gasteiger partial charge is 0.497 e. The lowest BCUT2D eigenvalue weighted by atomic mass is 10.1. The van der Waals surface area contributed by atoms with E-state index in [0.717, 1.165) is 44.0 Å². The minimum absolute atomic E-state index is 0.344. The quantitative estimate of drug-likeness (QED) is 0.529. The Hall–Kier alpha value is -2.77. The van der Waals surface area contributed by atoms with Crippen molar-refractivity contribution in [2.45, 2.75) is 38.9 Å². The number of nitrogens with one attached hydrogen (secondary N) is 2. The molecule has 0 radical (unpaired) electrons. The van der Waals surface area contributed by atoms with Crippen LogP contribution < -0.4 is 14.5 Å². The van der Waals surface area contributed by atoms with E-state index in [2.05, 4.69) is 64.9 Å². The van der Waals surface area contributed by atoms with Crippen LogP contribution in [0.2, 0.25) is 0 Å². The van der Waals surface area contributed by atoms with Gasteiger partial charge in [0, 0.05) is 12.0 Å². The molecular weight excluding hydrogens is 388 g/mol. The maximum atomic E-state index is 5.27. The third kappa shape index (κ3) is 5.48. The number of nitrogens with zero attached hydrogens (tertiary/aromatic N) is 4. The van der Waals surface area contributed by atoms with E-state index in [4.69, 9.17) is 4.74 Å². The van der Waals surface area contributed by atoms with E-state index in [-0.39, 0.29) is 0 Å². The van der Waals surface area contributed by atoms with Crippen LogP contribution in [0.15, 0.2) is 54.6 Å². The molecule has 0 unspecified atom stereocenters. The first-order chi connectivity index (χ1) is 15.3. The fourth-order valence-corrected chi connectivity index (χ4v) is 4.62. The van der Waals surface area contributed by atoms with Crippen molar-refractivity contribution in [2.24, 2.45) is 0 Å². The van der Waals surface area contributed by atoms with Gasteiger partial charge in [0.15, 0.2) is 0 Å². The first kappa shape index (κ1) is 21.5. The molecule has 164 valence electrons. The van der Waals surface area contributed by atoms with Crippen LogP contribution in [-0.4, -0.2) is 53.5 Å². The van der Waals surface area contributed by atoms with Gasteiger partial charge in [0.2, 0.25) is 5.82 Å². The number of rotatable bonds is 9. The number of ether oxygens (including phenoxy) is 1. The number of benzene rings is 2. The van der Waals surface area contributed by atoms with E-state index in [9.17, 15) is 0 Å². The zero-order valence-corrected chi connectivity index (χ0v) is 18.6. The smallest absolute Gasteiger partial charge is 0.209 e. The summed E-state index contributed by atoms with van der Waals surface area (Å²) < 4.78 is 7.26. The second kappa shape index (κ2) is 10.5. The lowest BCUT2D eigenvalue weighted by molar-refractivity contribution is -1.03. The molecule has 0 amide bonds. The lowest BCUT2D eigenvalue weighted by Gasteiger charge is -2.34. The highest BCUT2D eigenvalue weighted by Crippen LogP contribution is 2.16. The van der Waals surface area contributed by atoms with Gasteiger partial charge in [-0.2, -0.15) is 0 Å². The van der Waals surface area contributed by atoms with Crippen LogP contribution in [0.25, 0.3) is 0 Å². The Bertz CT molecular complexity index is 919. The van der Waals surface area contributed by atoms with E-state index < -0.39 is 0 Å². The van der Waals surface area contributed by atoms with E-state index in [1.807, 2.05) is 16.8 Å². The molecule has 0 aliphatic carbocycles. The molecule has 1 aliphatic heterocycles. The first-order valence-corrected chi connectivity index (χ1v) is 11.4. The van der Waals surface area contributed by atoms with Crippen LogP contribution in [-0.2, 0) is 13.1 Å². The molecule has 1 aliphatic rings. The van der Waals surface area contributed by atoms with Gasteiger partial charge in [0.05, 0.1) is 13.7 Å². The van der Waals surface area contributed by atoms with Gasteiger partial charge in [-0.25, -0.2) is 4.68 Å². The molecule has 1 atom stereocenters. The number of hydrogen-bond donors (Lipinski definition) is 2. The average Bonchev–Trinajstić information content (AvgIpc) is 3.27. The van der Waals surface area contributed by atoms with E-state index >= 15 is 0 Å². The maximum absolute atomic E-state index is 5.27. The van der Waals surface area contributed by atoms with Gasteiger partial charge in [-0.3, -0.25) is 0 Å². The zero-order chi connectivity index (χ0) is 21.5. The molecule has 4 rings (SSSR count). The van der Waals surface area contributed by atoms with Gasteiger partial charge in [-0.15, -0.1) is 5.10 Å². The van der Waals surface area contributed by atoms with E-state index in [1.165, 1.54) is 24.2 Å². The Kier molecular flexibility index (Phi) is 7.27. The summed E-state index contributed by atoms with van der Waals surface area (Å²) in [6.07, 6.45) is 2.23. The molecule has 1 aromatic heterocycles. The maximum Gasteiger partial charge on any atom is 0.209 e. The number of quaternary nitrogens is 2. The van der Waals surface area contributed by atoms with Crippen LogP contribution in [0.3, 0.4) is 0 Å². The third-order valence-electron chi connectivity index (χ3n) is 6.33. The van der Waals surface area contributed by atoms with E-state index in [0.29, 0.717) is 12.6 Å². The molecule has 2 heterocycles. The minimum atomic E-state index is 0.344. The van der Waals surface area contributed by atoms with Crippen molar-refractivity contribution in [3.63, 3.8) is 0 Å². The van der Waals surface area contributed by atoms with Crippen molar-refractivity contribution in [3.8, 4) is 5.75 Å². The molecule has 2 N–H and O–H groups in total. The fourth-order valence-electron chi connectivity index (χ4n) is 4.62. The standard InChI is InChI=1S/C24H32N6O/c1-3-7-23(29-16-14-28(15-17-29)18-20-8-5-4-6-9-20)24-25-26-27-30(24)19-21-10-12-22(31-2)13-11-21/h4-6,8-13,23H,3,7,14-19H2,1-2H3/p+2/t23-/m1/s1. The highest BCUT2D eigenvalue weighted by molar-refractivity contribution is 5.27. The molecule has 0 saturated carbocycles. The van der Waals surface area contributed by atoms with Crippen LogP contribution >= 0.6 is 0 Å². The Morgan fingerprint density at radius 2 is 1.71 bits per heavy atom. The third-order valence-corrected chi connectivity index (χ3v) is 6.33. The van der Waals surface area contributed by atoms with Gasteiger partial charge in [0.25, 0.3) is 0 Å². The topological polar surface area (TPSA) is 61.7 Å². The average molecular weight is 423 g/mol. The number of aromatic nitrogens is 4. The zero-order valence-electron chi connectivity index (χ0n) is 18.6. The number of tetrazole rings is 1. The number of piperazine rings is 1. The minimum Gasteiger partial charge on any atom is -0.497 e. The molecule has 7 nitrogen and oxygen atoms in total. The second-order valence-corrected chi connectivity index (χ2v) is 8.45. The summed E-state index contributed by atoms with van der Waals surface area (Å²) in [7, 11) is 1.69. The van der Waals surface area contributed by atoms with Crippen molar-refractivity contribution in [3.05, 3.63) is 71.5 Å². The monoisotopic (exact) mass is 422 g/mol. The Labute approximate surface area is 184 Å². The molecule has 31 heavy (non-hydrogen) atoms. The van der Waals surface area contributed by atoms with E-state index in [1.54, 1.807) is 16.9 Å². The van der Waals surface area contributed by atoms with Gasteiger partial charge in [0.1, 0.15) is 44.5 Å². The molecule has 1 saturated heterocycles. The SMILES string of the molecule is CCC[C@H](c1nnnn1Cc1ccc(OC)cc1)[NH+]1CC[NH+](Cc2ccccc2)CC1. The highest BCUT2D eigenvalue weighted by atomic mass is 16.5. The molecule has 0 spiro atoms. The Morgan fingerprint density at radius 3 is 2.39 bits per heavy atom. The number of methoxy groups -OCH3 is 1. The summed E-state index contributed by atoms with van der Waals surface area (Å²) in [4.78, 5) is 3.28. The summed E-state index contributed by atoms with van der Waals surface area (Å²) in [6.45, 7) is 8.73. The normalized spacial score (nSPS) is 19.8. The molecule has 7 heteroatoms. The highest BCUT2D eigenvalue weighted by Gasteiger charge is 2.33. The Balaban J connectivity index is 1.42. The molecular formula is C24H34N6O+2. The predicted octanol–water partition coefficient (Wildman–Crippen LogP) is 0.555. The van der Waals surface area contributed by atoms with Crippen LogP contribution in [0.4, 0.5) is 0 Å². The molecule has 1 fully saturated rings. The second-order valence-electron chi connectivity index (χ2n) is 8.45. The van der Waals surface area contributed by atoms with Crippen molar-refractivity contribution in [2.75, 3.05) is 33.3 Å². The predicted molar refractivity (Wildman–Crippen MR) is 119 cm³/mol. The van der Waals surface area contributed by atoms with Gasteiger partial charge in [-0.05, 0) is 28.1 Å². The van der Waals surface area contributed by atoms with Crippen LogP contribution in [0, 0.1) is 0 Å².